The molecule has 0 amide bonds. The number of para-hydroxylation sites is 1. The maximum atomic E-state index is 11.6. The van der Waals surface area contributed by atoms with E-state index in [1.165, 1.54) is 30.3 Å². The van der Waals surface area contributed by atoms with Gasteiger partial charge in [0.1, 0.15) is 46.9 Å². The lowest BCUT2D eigenvalue weighted by Gasteiger charge is -2.14. The summed E-state index contributed by atoms with van der Waals surface area (Å²) in [4.78, 5) is 59.7. The molecule has 0 heterocycles. The van der Waals surface area contributed by atoms with Gasteiger partial charge in [-0.1, -0.05) is 53.0 Å². The van der Waals surface area contributed by atoms with Crippen LogP contribution in [0.3, 0.4) is 0 Å². The minimum atomic E-state index is -4.35. The topological polar surface area (TPSA) is 267 Å². The number of carbonyl (C=O) groups is 2. The van der Waals surface area contributed by atoms with Crippen LogP contribution in [0.5, 0.6) is 23.0 Å². The largest absolute Gasteiger partial charge is 0.778 e. The molecule has 0 saturated carbocycles. The predicted octanol–water partition coefficient (Wildman–Crippen LogP) is 6.76. The Hall–Kier alpha value is -4.65. The molecule has 0 aliphatic rings. The molecule has 292 valence electrons. The average Bonchev–Trinajstić information content (AvgIpc) is 3.07. The molecular weight excluding hydrogens is 818 g/mol. The highest BCUT2D eigenvalue weighted by molar-refractivity contribution is 7.94. The molecule has 4 aromatic carbocycles. The number of hydrogen-bond donors (Lipinski definition) is 4. The van der Waals surface area contributed by atoms with Gasteiger partial charge in [0, 0.05) is 23.2 Å². The van der Waals surface area contributed by atoms with E-state index in [-0.39, 0.29) is 44.2 Å². The first kappa shape index (κ1) is 47.4. The van der Waals surface area contributed by atoms with Crippen molar-refractivity contribution in [2.75, 3.05) is 44.4 Å². The number of nitrogen functional groups attached to an aromatic ring is 1. The van der Waals surface area contributed by atoms with Crippen LogP contribution in [0.2, 0.25) is 15.1 Å². The molecule has 0 spiro atoms. The molecule has 0 radical (unpaired) electrons. The maximum Gasteiger partial charge on any atom is 0.345 e. The number of nitro groups is 2. The van der Waals surface area contributed by atoms with Crippen LogP contribution in [-0.4, -0.2) is 70.5 Å². The van der Waals surface area contributed by atoms with Crippen molar-refractivity contribution in [1.82, 2.24) is 5.32 Å². The number of nitrogens with one attached hydrogen (secondary N) is 1. The average molecular weight is 852 g/mol. The van der Waals surface area contributed by atoms with Crippen molar-refractivity contribution in [3.05, 3.63) is 120 Å². The fraction of sp³-hybridized carbons (Fsp3) is 0.188. The van der Waals surface area contributed by atoms with E-state index in [2.05, 4.69) is 23.5 Å². The second-order valence-corrected chi connectivity index (χ2v) is 15.7. The van der Waals surface area contributed by atoms with E-state index in [0.717, 1.165) is 13.2 Å². The highest BCUT2D eigenvalue weighted by Gasteiger charge is 2.22. The fourth-order valence-corrected chi connectivity index (χ4v) is 4.46. The first-order chi connectivity index (χ1) is 25.2. The van der Waals surface area contributed by atoms with Crippen molar-refractivity contribution in [2.45, 2.75) is 0 Å². The van der Waals surface area contributed by atoms with Crippen molar-refractivity contribution in [2.24, 2.45) is 0 Å². The number of aliphatic carboxylic acids is 1. The maximum absolute atomic E-state index is 11.6. The van der Waals surface area contributed by atoms with Crippen molar-refractivity contribution >= 4 is 82.3 Å². The van der Waals surface area contributed by atoms with Crippen LogP contribution in [0.15, 0.2) is 78.9 Å². The molecule has 0 aliphatic carbocycles. The summed E-state index contributed by atoms with van der Waals surface area (Å²) in [5.41, 5.74) is 4.66. The Kier molecular flexibility index (Phi) is 20.4. The summed E-state index contributed by atoms with van der Waals surface area (Å²) in [7, 11) is -2.57. The number of nitrogens with two attached hydrogens (primary N) is 1. The molecule has 4 aromatic rings. The van der Waals surface area contributed by atoms with E-state index >= 15 is 0 Å². The standard InChI is InChI=1S/C14H9Cl2NO5.C12H9ClN2O3.C3H8NO5P.C3H9S/c1-21-14(18)10-7-9(3-4-12(10)17(19)20)22-13-5-2-8(15)6-11(13)16;13-11-10(18-8-4-2-1-3-5-8)7-6-9(12(11)14)15(16)17;5-3(6)1-4-2-10(7,8)9;1-4(2)3/h2-7H,1H3;1-7H,14H2;4H,1-2H2,(H,5,6)(H2,7,8,9);1-3H3/q;;;+1/p-1. The summed E-state index contributed by atoms with van der Waals surface area (Å²) >= 11 is 17.7. The number of halogens is 3. The molecule has 22 heteroatoms. The highest BCUT2D eigenvalue weighted by Crippen LogP contribution is 2.39. The smallest absolute Gasteiger partial charge is 0.345 e. The van der Waals surface area contributed by atoms with E-state index < -0.39 is 42.2 Å². The second-order valence-electron chi connectivity index (χ2n) is 10.4. The van der Waals surface area contributed by atoms with Gasteiger partial charge in [0.05, 0.1) is 53.6 Å². The quantitative estimate of drug-likeness (QED) is 0.0303. The number of anilines is 1. The van der Waals surface area contributed by atoms with Crippen LogP contribution in [0.25, 0.3) is 0 Å². The van der Waals surface area contributed by atoms with Gasteiger partial charge in [0.2, 0.25) is 0 Å². The first-order valence-electron chi connectivity index (χ1n) is 14.6. The van der Waals surface area contributed by atoms with Gasteiger partial charge in [-0.15, -0.1) is 0 Å². The van der Waals surface area contributed by atoms with E-state index in [9.17, 15) is 39.3 Å². The lowest BCUT2D eigenvalue weighted by molar-refractivity contribution is -0.385. The second kappa shape index (κ2) is 23.2. The predicted molar refractivity (Wildman–Crippen MR) is 205 cm³/mol. The van der Waals surface area contributed by atoms with Gasteiger partial charge in [0.25, 0.3) is 11.4 Å². The SMILES string of the molecule is COC(=O)c1cc(Oc2ccc(Cl)cc2Cl)ccc1[N+](=O)[O-].C[S+](C)C.Nc1c([N+](=O)[O-])ccc(Oc2ccccc2)c1Cl.O=C(O)CNCP(=O)([O-])O. The number of nitro benzene ring substituents is 2. The molecule has 0 aliphatic heterocycles. The number of rotatable bonds is 11. The molecule has 0 fully saturated rings. The Bertz CT molecular complexity index is 1950. The van der Waals surface area contributed by atoms with Crippen LogP contribution in [0.1, 0.15) is 10.4 Å². The molecule has 1 unspecified atom stereocenters. The number of ether oxygens (including phenoxy) is 3. The minimum absolute atomic E-state index is 0.0352. The summed E-state index contributed by atoms with van der Waals surface area (Å²) < 4.78 is 25.5. The van der Waals surface area contributed by atoms with Gasteiger partial charge in [-0.3, -0.25) is 30.3 Å². The number of benzene rings is 4. The zero-order valence-electron chi connectivity index (χ0n) is 28.8. The van der Waals surface area contributed by atoms with Crippen molar-refractivity contribution in [3.8, 4) is 23.0 Å². The Morgan fingerprint density at radius 3 is 1.91 bits per heavy atom. The number of carboxylic acids is 1. The number of esters is 1. The van der Waals surface area contributed by atoms with Crippen LogP contribution < -0.4 is 25.4 Å². The third-order valence-corrected chi connectivity index (χ3v) is 7.11. The number of carbonyl (C=O) groups excluding carboxylic acids is 1. The lowest BCUT2D eigenvalue weighted by atomic mass is 10.1. The zero-order valence-corrected chi connectivity index (χ0v) is 32.7. The molecule has 4 rings (SSSR count). The fourth-order valence-electron chi connectivity index (χ4n) is 3.42. The van der Waals surface area contributed by atoms with Gasteiger partial charge < -0.3 is 39.4 Å². The molecule has 0 saturated heterocycles. The zero-order chi connectivity index (χ0) is 41.2. The van der Waals surface area contributed by atoms with Gasteiger partial charge in [-0.25, -0.2) is 4.79 Å². The van der Waals surface area contributed by atoms with Gasteiger partial charge in [0.15, 0.2) is 0 Å². The van der Waals surface area contributed by atoms with E-state index in [1.807, 2.05) is 11.4 Å². The van der Waals surface area contributed by atoms with Crippen molar-refractivity contribution < 1.29 is 53.1 Å². The summed E-state index contributed by atoms with van der Waals surface area (Å²) in [6, 6.07) is 20.0. The van der Waals surface area contributed by atoms with E-state index in [4.69, 9.17) is 60.0 Å². The number of nitrogens with zero attached hydrogens (tertiary/aromatic N) is 2. The summed E-state index contributed by atoms with van der Waals surface area (Å²) in [5.74, 6) is -0.641. The lowest BCUT2D eigenvalue weighted by Crippen LogP contribution is -2.25. The molecule has 5 N–H and O–H groups in total. The third kappa shape index (κ3) is 17.9. The summed E-state index contributed by atoms with van der Waals surface area (Å²) in [6.45, 7) is -0.479. The summed E-state index contributed by atoms with van der Waals surface area (Å²) in [6.07, 6.45) is 5.87. The molecule has 1 atom stereocenters. The Morgan fingerprint density at radius 2 is 1.41 bits per heavy atom. The van der Waals surface area contributed by atoms with E-state index in [0.29, 0.717) is 27.4 Å². The number of carboxylic acid groups (broad SMARTS) is 1. The Labute approximate surface area is 326 Å². The normalized spacial score (nSPS) is 11.1. The van der Waals surface area contributed by atoms with Gasteiger partial charge >= 0.3 is 11.9 Å². The van der Waals surface area contributed by atoms with Crippen LogP contribution in [0.4, 0.5) is 17.1 Å². The third-order valence-electron chi connectivity index (χ3n) is 5.57. The first-order valence-corrected chi connectivity index (χ1v) is 19.9. The summed E-state index contributed by atoms with van der Waals surface area (Å²) in [5, 5.41) is 32.3. The molecule has 0 bridgehead atoms. The molecular formula is C32H34Cl3N4O13PS. The van der Waals surface area contributed by atoms with Gasteiger partial charge in [-0.05, 0) is 53.4 Å². The van der Waals surface area contributed by atoms with Gasteiger partial charge in [-0.2, -0.15) is 0 Å². The Balaban J connectivity index is 0.000000408. The number of hydrogen-bond acceptors (Lipinski definition) is 13. The van der Waals surface area contributed by atoms with Crippen LogP contribution in [0, 0.1) is 20.2 Å². The molecule has 0 aromatic heterocycles. The highest BCUT2D eigenvalue weighted by atomic mass is 35.5. The minimum Gasteiger partial charge on any atom is -0.778 e. The molecule has 17 nitrogen and oxygen atoms in total. The van der Waals surface area contributed by atoms with E-state index in [1.54, 1.807) is 36.4 Å². The number of methoxy groups -OCH3 is 1. The Morgan fingerprint density at radius 1 is 0.870 bits per heavy atom. The molecule has 54 heavy (non-hydrogen) atoms. The van der Waals surface area contributed by atoms with Crippen LogP contribution in [-0.2, 0) is 25.0 Å². The van der Waals surface area contributed by atoms with Crippen molar-refractivity contribution in [3.63, 3.8) is 0 Å². The van der Waals surface area contributed by atoms with Crippen LogP contribution >= 0.6 is 42.4 Å². The monoisotopic (exact) mass is 850 g/mol. The van der Waals surface area contributed by atoms with Crippen molar-refractivity contribution in [1.29, 1.82) is 0 Å².